The molecule has 0 aliphatic carbocycles. The van der Waals surface area contributed by atoms with Gasteiger partial charge in [-0.1, -0.05) is 42.5 Å². The SMILES string of the molecule is Cc1cccc(N2CCN(CCCNC(=O)C3CC(=O)N(CCc4ccccc4)C3)CC2)c1. The molecule has 0 spiro atoms. The standard InChI is InChI=1S/C27H36N4O2/c1-22-7-5-10-25(19-22)30-17-15-29(16-18-30)13-6-12-28-27(33)24-20-26(32)31(21-24)14-11-23-8-3-2-4-9-23/h2-5,7-10,19,24H,6,11-18,20-21H2,1H3,(H,28,33). The highest BCUT2D eigenvalue weighted by atomic mass is 16.2. The number of carbonyl (C=O) groups excluding carboxylic acids is 2. The summed E-state index contributed by atoms with van der Waals surface area (Å²) >= 11 is 0. The molecular weight excluding hydrogens is 412 g/mol. The minimum Gasteiger partial charge on any atom is -0.369 e. The van der Waals surface area contributed by atoms with Crippen LogP contribution in [-0.4, -0.2) is 74.0 Å². The largest absolute Gasteiger partial charge is 0.369 e. The summed E-state index contributed by atoms with van der Waals surface area (Å²) in [6.45, 7) is 9.21. The van der Waals surface area contributed by atoms with Gasteiger partial charge in [0, 0.05) is 57.9 Å². The van der Waals surface area contributed by atoms with Crippen molar-refractivity contribution in [1.82, 2.24) is 15.1 Å². The molecule has 1 unspecified atom stereocenters. The predicted molar refractivity (Wildman–Crippen MR) is 132 cm³/mol. The van der Waals surface area contributed by atoms with E-state index in [0.717, 1.165) is 45.6 Å². The van der Waals surface area contributed by atoms with Gasteiger partial charge in [0.05, 0.1) is 5.92 Å². The number of rotatable bonds is 9. The minimum atomic E-state index is -0.217. The van der Waals surface area contributed by atoms with Crippen molar-refractivity contribution in [2.45, 2.75) is 26.2 Å². The van der Waals surface area contributed by atoms with Crippen molar-refractivity contribution in [3.05, 3.63) is 65.7 Å². The van der Waals surface area contributed by atoms with Gasteiger partial charge < -0.3 is 15.1 Å². The lowest BCUT2D eigenvalue weighted by Gasteiger charge is -2.36. The average molecular weight is 449 g/mol. The first-order valence-electron chi connectivity index (χ1n) is 12.2. The molecule has 6 nitrogen and oxygen atoms in total. The third-order valence-corrected chi connectivity index (χ3v) is 6.79. The molecule has 2 heterocycles. The summed E-state index contributed by atoms with van der Waals surface area (Å²) in [5.41, 5.74) is 3.83. The van der Waals surface area contributed by atoms with Gasteiger partial charge in [0.25, 0.3) is 0 Å². The fraction of sp³-hybridized carbons (Fsp3) is 0.481. The zero-order valence-electron chi connectivity index (χ0n) is 19.7. The zero-order chi connectivity index (χ0) is 23.0. The Morgan fingerprint density at radius 1 is 1.00 bits per heavy atom. The van der Waals surface area contributed by atoms with Crippen LogP contribution in [0.2, 0.25) is 0 Å². The van der Waals surface area contributed by atoms with Crippen LogP contribution in [0.15, 0.2) is 54.6 Å². The van der Waals surface area contributed by atoms with Gasteiger partial charge in [-0.2, -0.15) is 0 Å². The summed E-state index contributed by atoms with van der Waals surface area (Å²) in [5.74, 6) is -0.0986. The van der Waals surface area contributed by atoms with E-state index >= 15 is 0 Å². The van der Waals surface area contributed by atoms with Crippen LogP contribution in [-0.2, 0) is 16.0 Å². The summed E-state index contributed by atoms with van der Waals surface area (Å²) in [6.07, 6.45) is 2.11. The van der Waals surface area contributed by atoms with Crippen LogP contribution in [0.3, 0.4) is 0 Å². The molecule has 2 amide bonds. The van der Waals surface area contributed by atoms with Crippen LogP contribution in [0.4, 0.5) is 5.69 Å². The summed E-state index contributed by atoms with van der Waals surface area (Å²) < 4.78 is 0. The summed E-state index contributed by atoms with van der Waals surface area (Å²) in [4.78, 5) is 31.7. The monoisotopic (exact) mass is 448 g/mol. The van der Waals surface area contributed by atoms with E-state index < -0.39 is 0 Å². The third-order valence-electron chi connectivity index (χ3n) is 6.79. The van der Waals surface area contributed by atoms with E-state index in [9.17, 15) is 9.59 Å². The van der Waals surface area contributed by atoms with Gasteiger partial charge in [-0.15, -0.1) is 0 Å². The Kier molecular flexibility index (Phi) is 8.00. The smallest absolute Gasteiger partial charge is 0.225 e. The molecule has 6 heteroatoms. The molecule has 2 aliphatic rings. The van der Waals surface area contributed by atoms with Crippen LogP contribution in [0.5, 0.6) is 0 Å². The van der Waals surface area contributed by atoms with Crippen molar-refractivity contribution < 1.29 is 9.59 Å². The Morgan fingerprint density at radius 3 is 2.55 bits per heavy atom. The number of anilines is 1. The number of hydrogen-bond donors (Lipinski definition) is 1. The van der Waals surface area contributed by atoms with Gasteiger partial charge in [0.2, 0.25) is 11.8 Å². The number of nitrogens with zero attached hydrogens (tertiary/aromatic N) is 3. The highest BCUT2D eigenvalue weighted by Crippen LogP contribution is 2.19. The molecule has 2 aliphatic heterocycles. The lowest BCUT2D eigenvalue weighted by Crippen LogP contribution is -2.47. The molecule has 0 bridgehead atoms. The van der Waals surface area contributed by atoms with E-state index in [2.05, 4.69) is 58.4 Å². The highest BCUT2D eigenvalue weighted by molar-refractivity contribution is 5.89. The maximum absolute atomic E-state index is 12.6. The van der Waals surface area contributed by atoms with E-state index in [1.54, 1.807) is 0 Å². The third kappa shape index (κ3) is 6.57. The zero-order valence-corrected chi connectivity index (χ0v) is 19.7. The first kappa shape index (κ1) is 23.3. The van der Waals surface area contributed by atoms with Gasteiger partial charge in [0.15, 0.2) is 0 Å². The number of likely N-dealkylation sites (tertiary alicyclic amines) is 1. The molecule has 1 N–H and O–H groups in total. The lowest BCUT2D eigenvalue weighted by atomic mass is 10.1. The molecule has 33 heavy (non-hydrogen) atoms. The molecule has 176 valence electrons. The maximum Gasteiger partial charge on any atom is 0.225 e. The van der Waals surface area contributed by atoms with E-state index in [1.807, 2.05) is 23.1 Å². The van der Waals surface area contributed by atoms with Crippen LogP contribution in [0.1, 0.15) is 24.0 Å². The number of aryl methyl sites for hydroxylation is 1. The van der Waals surface area contributed by atoms with Gasteiger partial charge in [-0.25, -0.2) is 0 Å². The van der Waals surface area contributed by atoms with Gasteiger partial charge in [-0.05, 0) is 49.6 Å². The quantitative estimate of drug-likeness (QED) is 0.600. The van der Waals surface area contributed by atoms with Crippen LogP contribution in [0.25, 0.3) is 0 Å². The first-order valence-corrected chi connectivity index (χ1v) is 12.2. The van der Waals surface area contributed by atoms with E-state index in [0.29, 0.717) is 26.1 Å². The number of hydrogen-bond acceptors (Lipinski definition) is 4. The fourth-order valence-corrected chi connectivity index (χ4v) is 4.79. The number of carbonyl (C=O) groups is 2. The van der Waals surface area contributed by atoms with E-state index in [4.69, 9.17) is 0 Å². The molecule has 2 aromatic rings. The van der Waals surface area contributed by atoms with Crippen molar-refractivity contribution in [2.75, 3.05) is 57.3 Å². The fourth-order valence-electron chi connectivity index (χ4n) is 4.79. The first-order chi connectivity index (χ1) is 16.1. The predicted octanol–water partition coefficient (Wildman–Crippen LogP) is 2.71. The van der Waals surface area contributed by atoms with Crippen molar-refractivity contribution in [3.8, 4) is 0 Å². The molecule has 0 aromatic heterocycles. The van der Waals surface area contributed by atoms with E-state index in [1.165, 1.54) is 16.8 Å². The topological polar surface area (TPSA) is 55.9 Å². The molecule has 4 rings (SSSR count). The van der Waals surface area contributed by atoms with Crippen molar-refractivity contribution >= 4 is 17.5 Å². The van der Waals surface area contributed by atoms with Gasteiger partial charge in [0.1, 0.15) is 0 Å². The van der Waals surface area contributed by atoms with Crippen molar-refractivity contribution in [3.63, 3.8) is 0 Å². The molecule has 0 saturated carbocycles. The Balaban J connectivity index is 1.11. The Hall–Kier alpha value is -2.86. The highest BCUT2D eigenvalue weighted by Gasteiger charge is 2.33. The molecule has 2 fully saturated rings. The average Bonchev–Trinajstić information content (AvgIpc) is 3.22. The Bertz CT molecular complexity index is 925. The second kappa shape index (κ2) is 11.3. The van der Waals surface area contributed by atoms with E-state index in [-0.39, 0.29) is 17.7 Å². The molecule has 0 radical (unpaired) electrons. The van der Waals surface area contributed by atoms with Crippen LogP contribution < -0.4 is 10.2 Å². The Labute approximate surface area is 197 Å². The van der Waals surface area contributed by atoms with Crippen molar-refractivity contribution in [2.24, 2.45) is 5.92 Å². The van der Waals surface area contributed by atoms with Crippen molar-refractivity contribution in [1.29, 1.82) is 0 Å². The Morgan fingerprint density at radius 2 is 1.79 bits per heavy atom. The molecule has 1 atom stereocenters. The molecular formula is C27H36N4O2. The number of piperazine rings is 1. The molecule has 2 aromatic carbocycles. The van der Waals surface area contributed by atoms with Crippen LogP contribution >= 0.6 is 0 Å². The lowest BCUT2D eigenvalue weighted by molar-refractivity contribution is -0.129. The molecule has 2 saturated heterocycles. The van der Waals surface area contributed by atoms with Crippen LogP contribution in [0, 0.1) is 12.8 Å². The summed E-state index contributed by atoms with van der Waals surface area (Å²) in [6, 6.07) is 18.9. The normalized spacial score (nSPS) is 19.2. The number of amides is 2. The van der Waals surface area contributed by atoms with Gasteiger partial charge >= 0.3 is 0 Å². The second-order valence-electron chi connectivity index (χ2n) is 9.29. The minimum absolute atomic E-state index is 0.0230. The second-order valence-corrected chi connectivity index (χ2v) is 9.29. The number of nitrogens with one attached hydrogen (secondary N) is 1. The van der Waals surface area contributed by atoms with Gasteiger partial charge in [-0.3, -0.25) is 14.5 Å². The summed E-state index contributed by atoms with van der Waals surface area (Å²) in [5, 5.41) is 3.07. The summed E-state index contributed by atoms with van der Waals surface area (Å²) in [7, 11) is 0. The number of benzene rings is 2. The maximum atomic E-state index is 12.6.